The molecule has 1 heterocycles. The summed E-state index contributed by atoms with van der Waals surface area (Å²) in [6.45, 7) is 6.57. The van der Waals surface area contributed by atoms with Crippen LogP contribution in [0.3, 0.4) is 0 Å². The zero-order valence-corrected chi connectivity index (χ0v) is 16.4. The number of likely N-dealkylation sites (N-methyl/N-ethyl adjacent to an activating group) is 1. The van der Waals surface area contributed by atoms with E-state index in [1.807, 2.05) is 0 Å². The van der Waals surface area contributed by atoms with Crippen molar-refractivity contribution in [3.63, 3.8) is 0 Å². The molecule has 1 saturated heterocycles. The molecule has 1 aliphatic carbocycles. The van der Waals surface area contributed by atoms with E-state index in [2.05, 4.69) is 27.2 Å². The Hall–Kier alpha value is -0.0800. The third-order valence-corrected chi connectivity index (χ3v) is 4.72. The van der Waals surface area contributed by atoms with Gasteiger partial charge in [-0.2, -0.15) is 0 Å². The van der Waals surface area contributed by atoms with Gasteiger partial charge in [0.05, 0.1) is 6.54 Å². The summed E-state index contributed by atoms with van der Waals surface area (Å²) in [6, 6.07) is 0.545. The van der Waals surface area contributed by atoms with E-state index in [0.29, 0.717) is 12.0 Å². The molecule has 1 aliphatic heterocycles. The maximum absolute atomic E-state index is 6.04. The van der Waals surface area contributed by atoms with E-state index in [1.54, 1.807) is 0 Å². The zero-order valence-electron chi connectivity index (χ0n) is 14.1. The van der Waals surface area contributed by atoms with Crippen LogP contribution in [0.1, 0.15) is 44.9 Å². The quantitative estimate of drug-likeness (QED) is 0.314. The lowest BCUT2D eigenvalue weighted by Crippen LogP contribution is -2.40. The lowest BCUT2D eigenvalue weighted by Gasteiger charge is -2.20. The first-order valence-corrected chi connectivity index (χ1v) is 8.71. The smallest absolute Gasteiger partial charge is 0.188 e. The minimum Gasteiger partial charge on any atom is -0.370 e. The van der Waals surface area contributed by atoms with Gasteiger partial charge < -0.3 is 20.9 Å². The highest BCUT2D eigenvalue weighted by Crippen LogP contribution is 2.16. The Morgan fingerprint density at radius 1 is 1.05 bits per heavy atom. The van der Waals surface area contributed by atoms with Gasteiger partial charge in [0.1, 0.15) is 0 Å². The highest BCUT2D eigenvalue weighted by molar-refractivity contribution is 14.0. The van der Waals surface area contributed by atoms with Crippen LogP contribution >= 0.6 is 24.0 Å². The van der Waals surface area contributed by atoms with Crippen LogP contribution < -0.4 is 11.1 Å². The normalized spacial score (nSPS) is 23.4. The van der Waals surface area contributed by atoms with Gasteiger partial charge in [0, 0.05) is 25.7 Å². The number of rotatable bonds is 4. The molecule has 2 fully saturated rings. The number of guanidine groups is 1. The van der Waals surface area contributed by atoms with E-state index in [4.69, 9.17) is 5.73 Å². The SMILES string of the molecule is CN1CCCN(CCN=C(N)NC2CCCCCC2)CC1.I. The van der Waals surface area contributed by atoms with Gasteiger partial charge in [0.15, 0.2) is 5.96 Å². The summed E-state index contributed by atoms with van der Waals surface area (Å²) in [5.74, 6) is 0.647. The van der Waals surface area contributed by atoms with Crippen molar-refractivity contribution in [2.45, 2.75) is 51.0 Å². The first-order valence-electron chi connectivity index (χ1n) is 8.71. The summed E-state index contributed by atoms with van der Waals surface area (Å²) in [5.41, 5.74) is 6.04. The second-order valence-electron chi connectivity index (χ2n) is 6.60. The number of hydrogen-bond acceptors (Lipinski definition) is 3. The maximum atomic E-state index is 6.04. The first kappa shape index (κ1) is 20.0. The lowest BCUT2D eigenvalue weighted by atomic mass is 10.1. The summed E-state index contributed by atoms with van der Waals surface area (Å²) in [5, 5.41) is 3.42. The number of aliphatic imine (C=N–C) groups is 1. The summed E-state index contributed by atoms with van der Waals surface area (Å²) < 4.78 is 0. The van der Waals surface area contributed by atoms with Crippen LogP contribution in [0.25, 0.3) is 0 Å². The molecule has 1 saturated carbocycles. The van der Waals surface area contributed by atoms with Gasteiger partial charge in [-0.05, 0) is 39.4 Å². The van der Waals surface area contributed by atoms with Gasteiger partial charge in [-0.25, -0.2) is 0 Å². The molecule has 0 amide bonds. The molecule has 0 aromatic heterocycles. The average molecular weight is 423 g/mol. The van der Waals surface area contributed by atoms with Crippen LogP contribution in [0.5, 0.6) is 0 Å². The molecule has 0 radical (unpaired) electrons. The van der Waals surface area contributed by atoms with Crippen molar-refractivity contribution in [2.75, 3.05) is 46.3 Å². The van der Waals surface area contributed by atoms with E-state index in [-0.39, 0.29) is 24.0 Å². The predicted molar refractivity (Wildman–Crippen MR) is 105 cm³/mol. The van der Waals surface area contributed by atoms with Crippen LogP contribution in [0, 0.1) is 0 Å². The van der Waals surface area contributed by atoms with Crippen LogP contribution in [0.4, 0.5) is 0 Å². The summed E-state index contributed by atoms with van der Waals surface area (Å²) in [6.07, 6.45) is 9.15. The molecule has 0 bridgehead atoms. The molecule has 22 heavy (non-hydrogen) atoms. The Kier molecular flexibility index (Phi) is 10.4. The van der Waals surface area contributed by atoms with Crippen LogP contribution in [0.2, 0.25) is 0 Å². The molecule has 0 atom stereocenters. The summed E-state index contributed by atoms with van der Waals surface area (Å²) >= 11 is 0. The van der Waals surface area contributed by atoms with Gasteiger partial charge in [0.2, 0.25) is 0 Å². The molecule has 3 N–H and O–H groups in total. The minimum atomic E-state index is 0. The van der Waals surface area contributed by atoms with Crippen molar-refractivity contribution in [2.24, 2.45) is 10.7 Å². The van der Waals surface area contributed by atoms with Crippen LogP contribution in [-0.2, 0) is 0 Å². The molecular formula is C16H34IN5. The Balaban J connectivity index is 0.00000242. The topological polar surface area (TPSA) is 56.9 Å². The minimum absolute atomic E-state index is 0. The third-order valence-electron chi connectivity index (χ3n) is 4.72. The summed E-state index contributed by atoms with van der Waals surface area (Å²) in [7, 11) is 2.20. The number of halogens is 1. The van der Waals surface area contributed by atoms with Gasteiger partial charge in [-0.3, -0.25) is 4.99 Å². The largest absolute Gasteiger partial charge is 0.370 e. The fraction of sp³-hybridized carbons (Fsp3) is 0.938. The highest BCUT2D eigenvalue weighted by Gasteiger charge is 2.13. The third kappa shape index (κ3) is 7.97. The van der Waals surface area contributed by atoms with Gasteiger partial charge >= 0.3 is 0 Å². The summed E-state index contributed by atoms with van der Waals surface area (Å²) in [4.78, 5) is 9.43. The van der Waals surface area contributed by atoms with E-state index < -0.39 is 0 Å². The zero-order chi connectivity index (χ0) is 14.9. The number of nitrogens with two attached hydrogens (primary N) is 1. The number of nitrogens with one attached hydrogen (secondary N) is 1. The molecular weight excluding hydrogens is 389 g/mol. The Bertz CT molecular complexity index is 316. The molecule has 0 unspecified atom stereocenters. The second kappa shape index (κ2) is 11.5. The fourth-order valence-electron chi connectivity index (χ4n) is 3.31. The van der Waals surface area contributed by atoms with E-state index in [1.165, 1.54) is 64.6 Å². The van der Waals surface area contributed by atoms with Gasteiger partial charge in [0.25, 0.3) is 0 Å². The maximum Gasteiger partial charge on any atom is 0.188 e. The standard InChI is InChI=1S/C16H33N5.HI/c1-20-10-6-11-21(14-13-20)12-9-18-16(17)19-15-7-4-2-3-5-8-15;/h15H,2-14H2,1H3,(H3,17,18,19);1H. The first-order chi connectivity index (χ1) is 10.2. The number of hydrogen-bond donors (Lipinski definition) is 2. The lowest BCUT2D eigenvalue weighted by molar-refractivity contribution is 0.283. The molecule has 0 aromatic carbocycles. The molecule has 0 aromatic rings. The number of nitrogens with zero attached hydrogens (tertiary/aromatic N) is 3. The highest BCUT2D eigenvalue weighted by atomic mass is 127. The molecule has 2 aliphatic rings. The fourth-order valence-corrected chi connectivity index (χ4v) is 3.31. The van der Waals surface area contributed by atoms with Crippen LogP contribution in [-0.4, -0.2) is 68.1 Å². The van der Waals surface area contributed by atoms with Gasteiger partial charge in [-0.1, -0.05) is 25.7 Å². The van der Waals surface area contributed by atoms with Crippen molar-refractivity contribution in [1.82, 2.24) is 15.1 Å². The molecule has 130 valence electrons. The molecule has 0 spiro atoms. The van der Waals surface area contributed by atoms with E-state index in [0.717, 1.165) is 19.6 Å². The Morgan fingerprint density at radius 3 is 2.50 bits per heavy atom. The van der Waals surface area contributed by atoms with E-state index >= 15 is 0 Å². The molecule has 6 heteroatoms. The van der Waals surface area contributed by atoms with E-state index in [9.17, 15) is 0 Å². The van der Waals surface area contributed by atoms with Gasteiger partial charge in [-0.15, -0.1) is 24.0 Å². The van der Waals surface area contributed by atoms with Crippen molar-refractivity contribution in [3.8, 4) is 0 Å². The van der Waals surface area contributed by atoms with Crippen molar-refractivity contribution < 1.29 is 0 Å². The van der Waals surface area contributed by atoms with Crippen molar-refractivity contribution in [3.05, 3.63) is 0 Å². The monoisotopic (exact) mass is 423 g/mol. The Morgan fingerprint density at radius 2 is 1.77 bits per heavy atom. The molecule has 5 nitrogen and oxygen atoms in total. The van der Waals surface area contributed by atoms with Crippen LogP contribution in [0.15, 0.2) is 4.99 Å². The Labute approximate surface area is 153 Å². The predicted octanol–water partition coefficient (Wildman–Crippen LogP) is 1.87. The van der Waals surface area contributed by atoms with Crippen molar-refractivity contribution >= 4 is 29.9 Å². The second-order valence-corrected chi connectivity index (χ2v) is 6.60. The van der Waals surface area contributed by atoms with Crippen molar-refractivity contribution in [1.29, 1.82) is 0 Å². The average Bonchev–Trinajstić information content (AvgIpc) is 2.82. The molecule has 2 rings (SSSR count).